The summed E-state index contributed by atoms with van der Waals surface area (Å²) < 4.78 is 2.41. The van der Waals surface area contributed by atoms with E-state index in [2.05, 4.69) is 71.1 Å². The van der Waals surface area contributed by atoms with Gasteiger partial charge in [0.2, 0.25) is 0 Å². The van der Waals surface area contributed by atoms with E-state index in [1.165, 1.54) is 12.8 Å². The first-order valence-corrected chi connectivity index (χ1v) is 15.9. The predicted molar refractivity (Wildman–Crippen MR) is 176 cm³/mol. The summed E-state index contributed by atoms with van der Waals surface area (Å²) in [5.74, 6) is 1.35. The maximum Gasteiger partial charge on any atom is 0.142 e. The summed E-state index contributed by atoms with van der Waals surface area (Å²) in [7, 11) is 0. The van der Waals surface area contributed by atoms with Crippen LogP contribution in [0.4, 0.5) is 5.69 Å². The first-order valence-electron chi connectivity index (χ1n) is 15.9. The van der Waals surface area contributed by atoms with Crippen molar-refractivity contribution >= 4 is 33.4 Å². The average Bonchev–Trinajstić information content (AvgIpc) is 3.43. The van der Waals surface area contributed by atoms with E-state index >= 15 is 0 Å². The number of nitrogen functional groups attached to an aromatic ring is 1. The van der Waals surface area contributed by atoms with Gasteiger partial charge in [0.05, 0.1) is 11.2 Å². The number of aryl methyl sites for hydroxylation is 1. The molecular formula is C37H41N5O. The first kappa shape index (κ1) is 27.8. The van der Waals surface area contributed by atoms with E-state index in [0.717, 1.165) is 107 Å². The molecule has 0 spiro atoms. The van der Waals surface area contributed by atoms with E-state index in [9.17, 15) is 4.79 Å². The molecule has 1 saturated heterocycles. The Labute approximate surface area is 253 Å². The Kier molecular flexibility index (Phi) is 7.48. The highest BCUT2D eigenvalue weighted by Gasteiger charge is 2.29. The number of hydrogen-bond donors (Lipinski definition) is 1. The number of piperidine rings is 1. The van der Waals surface area contributed by atoms with Gasteiger partial charge in [-0.25, -0.2) is 9.97 Å². The Morgan fingerprint density at radius 1 is 0.907 bits per heavy atom. The van der Waals surface area contributed by atoms with Crippen molar-refractivity contribution in [3.8, 4) is 22.4 Å². The van der Waals surface area contributed by atoms with Gasteiger partial charge in [0.25, 0.3) is 0 Å². The highest BCUT2D eigenvalue weighted by Crippen LogP contribution is 2.42. The van der Waals surface area contributed by atoms with Crippen LogP contribution in [-0.4, -0.2) is 44.9 Å². The summed E-state index contributed by atoms with van der Waals surface area (Å²) in [6.45, 7) is 7.21. The molecule has 3 aromatic heterocycles. The third-order valence-electron chi connectivity index (χ3n) is 10.1. The van der Waals surface area contributed by atoms with Crippen LogP contribution in [-0.2, 0) is 4.79 Å². The van der Waals surface area contributed by atoms with E-state index in [1.807, 2.05) is 18.3 Å². The zero-order valence-electron chi connectivity index (χ0n) is 25.3. The fourth-order valence-corrected chi connectivity index (χ4v) is 7.57. The highest BCUT2D eigenvalue weighted by molar-refractivity contribution is 6.04. The van der Waals surface area contributed by atoms with Gasteiger partial charge in [-0.2, -0.15) is 0 Å². The molecule has 0 atom stereocenters. The Bertz CT molecular complexity index is 1780. The van der Waals surface area contributed by atoms with Crippen LogP contribution in [0.25, 0.3) is 44.3 Å². The number of Topliss-reactive ketones (excluding diaryl/α,β-unsaturated/α-hetero) is 1. The number of fused-ring (bicyclic) bond motifs is 2. The molecule has 0 amide bonds. The summed E-state index contributed by atoms with van der Waals surface area (Å²) in [5, 5.41) is 2.18. The Morgan fingerprint density at radius 2 is 1.65 bits per heavy atom. The maximum absolute atomic E-state index is 11.8. The minimum atomic E-state index is 0.274. The summed E-state index contributed by atoms with van der Waals surface area (Å²) in [4.78, 5) is 24.4. The number of carbonyl (C=O) groups is 1. The lowest BCUT2D eigenvalue weighted by Gasteiger charge is -2.36. The van der Waals surface area contributed by atoms with Crippen LogP contribution in [0.15, 0.2) is 73.1 Å². The molecule has 1 aliphatic carbocycles. The predicted octanol–water partition coefficient (Wildman–Crippen LogP) is 7.84. The molecule has 0 unspecified atom stereocenters. The molecule has 0 bridgehead atoms. The van der Waals surface area contributed by atoms with Crippen molar-refractivity contribution in [3.05, 3.63) is 78.6 Å². The van der Waals surface area contributed by atoms with E-state index < -0.39 is 0 Å². The summed E-state index contributed by atoms with van der Waals surface area (Å²) in [5.41, 5.74) is 15.0. The molecule has 4 heterocycles. The fraction of sp³-hybridized carbons (Fsp3) is 0.378. The largest absolute Gasteiger partial charge is 0.398 e. The lowest BCUT2D eigenvalue weighted by atomic mass is 9.84. The van der Waals surface area contributed by atoms with Gasteiger partial charge in [0.1, 0.15) is 11.4 Å². The lowest BCUT2D eigenvalue weighted by molar-refractivity contribution is -0.122. The molecule has 220 valence electrons. The number of pyridine rings is 2. The van der Waals surface area contributed by atoms with Crippen molar-refractivity contribution in [2.24, 2.45) is 11.8 Å². The van der Waals surface area contributed by atoms with Crippen LogP contribution in [0.1, 0.15) is 57.1 Å². The Hall–Kier alpha value is -4.03. The fourth-order valence-electron chi connectivity index (χ4n) is 7.57. The number of nitrogens with two attached hydrogens (primary N) is 1. The van der Waals surface area contributed by atoms with Gasteiger partial charge < -0.3 is 15.2 Å². The Balaban J connectivity index is 1.16. The molecule has 5 aromatic rings. The number of anilines is 1. The van der Waals surface area contributed by atoms with Crippen molar-refractivity contribution < 1.29 is 4.79 Å². The molecule has 1 saturated carbocycles. The molecule has 43 heavy (non-hydrogen) atoms. The molecular weight excluding hydrogens is 530 g/mol. The molecule has 0 radical (unpaired) electrons. The number of rotatable bonds is 6. The van der Waals surface area contributed by atoms with Gasteiger partial charge in [-0.3, -0.25) is 4.79 Å². The van der Waals surface area contributed by atoms with Crippen LogP contribution >= 0.6 is 0 Å². The normalized spacial score (nSPS) is 20.1. The molecule has 6 heteroatoms. The van der Waals surface area contributed by atoms with Crippen molar-refractivity contribution in [2.45, 2.75) is 58.4 Å². The van der Waals surface area contributed by atoms with Crippen LogP contribution < -0.4 is 5.73 Å². The first-order chi connectivity index (χ1) is 21.0. The standard InChI is InChI=1S/C37H41N5O/c1-24-31(14-10-29-11-15-34(40-36(24)29)28-6-4-3-5-7-28)32-23-42(37-35(32)33(38)16-19-39-37)30-12-8-26(9-13-30)22-41-20-17-27(18-21-41)25(2)43/h3-7,10-11,14-16,19,23,26-27,30H,8-9,12-13,17-18,20-22H2,1-2H3,(H2,38,39). The van der Waals surface area contributed by atoms with Crippen molar-refractivity contribution in [3.63, 3.8) is 0 Å². The number of nitrogens with zero attached hydrogens (tertiary/aromatic N) is 4. The third-order valence-corrected chi connectivity index (χ3v) is 10.1. The average molecular weight is 572 g/mol. The quantitative estimate of drug-likeness (QED) is 0.225. The highest BCUT2D eigenvalue weighted by atomic mass is 16.1. The van der Waals surface area contributed by atoms with E-state index in [4.69, 9.17) is 15.7 Å². The van der Waals surface area contributed by atoms with Gasteiger partial charge in [-0.15, -0.1) is 0 Å². The molecule has 2 fully saturated rings. The minimum Gasteiger partial charge on any atom is -0.398 e. The SMILES string of the molecule is CC(=O)C1CCN(CC2CCC(n3cc(-c4ccc5ccc(-c6ccccc6)nc5c4C)c4c(N)ccnc43)CC2)CC1. The zero-order chi connectivity index (χ0) is 29.5. The van der Waals surface area contributed by atoms with Crippen molar-refractivity contribution in [2.75, 3.05) is 25.4 Å². The van der Waals surface area contributed by atoms with E-state index in [1.54, 1.807) is 6.92 Å². The second kappa shape index (κ2) is 11.6. The smallest absolute Gasteiger partial charge is 0.142 e. The topological polar surface area (TPSA) is 77.0 Å². The molecule has 6 nitrogen and oxygen atoms in total. The summed E-state index contributed by atoms with van der Waals surface area (Å²) >= 11 is 0. The molecule has 7 rings (SSSR count). The Morgan fingerprint density at radius 3 is 2.40 bits per heavy atom. The lowest BCUT2D eigenvalue weighted by Crippen LogP contribution is -2.39. The molecule has 2 N–H and O–H groups in total. The second-order valence-electron chi connectivity index (χ2n) is 12.8. The van der Waals surface area contributed by atoms with Gasteiger partial charge >= 0.3 is 0 Å². The summed E-state index contributed by atoms with van der Waals surface area (Å²) in [6, 6.07) is 21.4. The van der Waals surface area contributed by atoms with Gasteiger partial charge in [0, 0.05) is 58.5 Å². The van der Waals surface area contributed by atoms with Gasteiger partial charge in [-0.05, 0) is 94.6 Å². The summed E-state index contributed by atoms with van der Waals surface area (Å²) in [6.07, 6.45) is 10.9. The van der Waals surface area contributed by atoms with Gasteiger partial charge in [-0.1, -0.05) is 48.5 Å². The van der Waals surface area contributed by atoms with Crippen molar-refractivity contribution in [1.29, 1.82) is 0 Å². The minimum absolute atomic E-state index is 0.274. The number of hydrogen-bond acceptors (Lipinski definition) is 5. The zero-order valence-corrected chi connectivity index (χ0v) is 25.3. The van der Waals surface area contributed by atoms with E-state index in [-0.39, 0.29) is 5.92 Å². The maximum atomic E-state index is 11.8. The number of carbonyl (C=O) groups excluding carboxylic acids is 1. The molecule has 2 aliphatic rings. The van der Waals surface area contributed by atoms with E-state index in [0.29, 0.717) is 11.8 Å². The second-order valence-corrected chi connectivity index (χ2v) is 12.8. The third kappa shape index (κ3) is 5.33. The number of aromatic nitrogens is 3. The van der Waals surface area contributed by atoms with Crippen LogP contribution in [0.5, 0.6) is 0 Å². The number of benzene rings is 2. The van der Waals surface area contributed by atoms with Crippen molar-refractivity contribution in [1.82, 2.24) is 19.4 Å². The monoisotopic (exact) mass is 571 g/mol. The van der Waals surface area contributed by atoms with Crippen LogP contribution in [0, 0.1) is 18.8 Å². The molecule has 2 aromatic carbocycles. The van der Waals surface area contributed by atoms with Crippen LogP contribution in [0.3, 0.4) is 0 Å². The number of likely N-dealkylation sites (tertiary alicyclic amines) is 1. The number of ketones is 1. The van der Waals surface area contributed by atoms with Gasteiger partial charge in [0.15, 0.2) is 0 Å². The molecule has 1 aliphatic heterocycles. The van der Waals surface area contributed by atoms with Crippen LogP contribution in [0.2, 0.25) is 0 Å².